The summed E-state index contributed by atoms with van der Waals surface area (Å²) >= 11 is 1.05. The maximum Gasteiger partial charge on any atom is 0.294 e. The highest BCUT2D eigenvalue weighted by Crippen LogP contribution is 2.41. The molecule has 10 heteroatoms. The van der Waals surface area contributed by atoms with Gasteiger partial charge in [0.15, 0.2) is 0 Å². The summed E-state index contributed by atoms with van der Waals surface area (Å²) in [5.74, 6) is -0.305. The van der Waals surface area contributed by atoms with Gasteiger partial charge in [0.1, 0.15) is 0 Å². The minimum Gasteiger partial charge on any atom is -0.288 e. The van der Waals surface area contributed by atoms with E-state index in [9.17, 15) is 21.6 Å². The van der Waals surface area contributed by atoms with Crippen molar-refractivity contribution < 1.29 is 30.7 Å². The fourth-order valence-corrected chi connectivity index (χ4v) is 4.37. The van der Waals surface area contributed by atoms with Crippen LogP contribution in [-0.4, -0.2) is 31.7 Å². The van der Waals surface area contributed by atoms with Crippen LogP contribution in [0.5, 0.6) is 0 Å². The van der Waals surface area contributed by atoms with Crippen LogP contribution in [0.4, 0.5) is 0 Å². The minimum absolute atomic E-state index is 0.263. The molecule has 2 aromatic rings. The molecule has 1 aliphatic rings. The van der Waals surface area contributed by atoms with E-state index in [1.54, 1.807) is 0 Å². The number of carbonyl (C=O) groups is 1. The van der Waals surface area contributed by atoms with Crippen LogP contribution in [0.1, 0.15) is 15.9 Å². The standard InChI is InChI=1S/C15H10O7S3/c16-15-12-6-5-11(25(20,21)22)8-13(12)23-14(15)7-9-1-3-10(4-2-9)24(17,18)19/h1-8H,(H,17,18,19)(H,20,21,22)/b14-7+. The van der Waals surface area contributed by atoms with Gasteiger partial charge in [0, 0.05) is 10.5 Å². The zero-order valence-corrected chi connectivity index (χ0v) is 14.7. The summed E-state index contributed by atoms with van der Waals surface area (Å²) in [6, 6.07) is 8.96. The number of Topliss-reactive ketones (excluding diaryl/α,β-unsaturated/α-hetero) is 1. The van der Waals surface area contributed by atoms with E-state index in [1.165, 1.54) is 42.5 Å². The molecule has 2 aromatic carbocycles. The van der Waals surface area contributed by atoms with Gasteiger partial charge in [-0.05, 0) is 42.0 Å². The maximum atomic E-state index is 12.4. The Hall–Kier alpha value is -1.98. The molecule has 0 saturated heterocycles. The Kier molecular flexibility index (Phi) is 4.33. The minimum atomic E-state index is -4.36. The molecule has 0 amide bonds. The topological polar surface area (TPSA) is 126 Å². The Morgan fingerprint density at radius 3 is 1.96 bits per heavy atom. The molecule has 25 heavy (non-hydrogen) atoms. The van der Waals surface area contributed by atoms with Crippen LogP contribution in [0.25, 0.3) is 6.08 Å². The molecular formula is C15H10O7S3. The van der Waals surface area contributed by atoms with Crippen molar-refractivity contribution in [2.75, 3.05) is 0 Å². The van der Waals surface area contributed by atoms with Crippen LogP contribution in [-0.2, 0) is 20.2 Å². The van der Waals surface area contributed by atoms with Crippen molar-refractivity contribution in [3.8, 4) is 0 Å². The van der Waals surface area contributed by atoms with Crippen molar-refractivity contribution in [1.82, 2.24) is 0 Å². The Balaban J connectivity index is 1.94. The lowest BCUT2D eigenvalue weighted by Crippen LogP contribution is -2.00. The van der Waals surface area contributed by atoms with Crippen LogP contribution < -0.4 is 0 Å². The van der Waals surface area contributed by atoms with Gasteiger partial charge in [0.25, 0.3) is 20.2 Å². The number of hydrogen-bond donors (Lipinski definition) is 2. The van der Waals surface area contributed by atoms with Gasteiger partial charge in [-0.1, -0.05) is 23.9 Å². The predicted octanol–water partition coefficient (Wildman–Crippen LogP) is 2.51. The normalized spacial score (nSPS) is 16.2. The van der Waals surface area contributed by atoms with Crippen molar-refractivity contribution in [3.05, 3.63) is 58.5 Å². The average molecular weight is 398 g/mol. The number of fused-ring (bicyclic) bond motifs is 1. The number of ketones is 1. The Morgan fingerprint density at radius 2 is 1.40 bits per heavy atom. The molecule has 0 saturated carbocycles. The van der Waals surface area contributed by atoms with Crippen LogP contribution in [0.15, 0.2) is 62.1 Å². The number of thioether (sulfide) groups is 1. The predicted molar refractivity (Wildman–Crippen MR) is 90.7 cm³/mol. The Labute approximate surface area is 147 Å². The zero-order chi connectivity index (χ0) is 18.4. The molecule has 1 aliphatic heterocycles. The number of rotatable bonds is 3. The van der Waals surface area contributed by atoms with Gasteiger partial charge in [0.05, 0.1) is 14.7 Å². The Bertz CT molecular complexity index is 1110. The summed E-state index contributed by atoms with van der Waals surface area (Å²) in [4.78, 5) is 12.5. The molecule has 0 bridgehead atoms. The van der Waals surface area contributed by atoms with E-state index >= 15 is 0 Å². The van der Waals surface area contributed by atoms with E-state index in [0.29, 0.717) is 20.9 Å². The lowest BCUT2D eigenvalue weighted by atomic mass is 10.1. The first-order valence-corrected chi connectivity index (χ1v) is 10.4. The first-order valence-electron chi connectivity index (χ1n) is 6.69. The fraction of sp³-hybridized carbons (Fsp3) is 0. The van der Waals surface area contributed by atoms with E-state index < -0.39 is 20.2 Å². The highest BCUT2D eigenvalue weighted by Gasteiger charge is 2.27. The molecule has 0 unspecified atom stereocenters. The second-order valence-electron chi connectivity index (χ2n) is 5.12. The van der Waals surface area contributed by atoms with E-state index in [1.807, 2.05) is 0 Å². The average Bonchev–Trinajstić information content (AvgIpc) is 2.82. The third kappa shape index (κ3) is 3.67. The molecule has 0 fully saturated rings. The van der Waals surface area contributed by atoms with Crippen LogP contribution in [0.2, 0.25) is 0 Å². The van der Waals surface area contributed by atoms with Crippen molar-refractivity contribution in [2.45, 2.75) is 14.7 Å². The van der Waals surface area contributed by atoms with Crippen molar-refractivity contribution in [2.24, 2.45) is 0 Å². The van der Waals surface area contributed by atoms with E-state index in [-0.39, 0.29) is 15.6 Å². The lowest BCUT2D eigenvalue weighted by molar-refractivity contribution is 0.104. The summed E-state index contributed by atoms with van der Waals surface area (Å²) in [5.41, 5.74) is 0.851. The van der Waals surface area contributed by atoms with E-state index in [4.69, 9.17) is 9.11 Å². The molecule has 130 valence electrons. The van der Waals surface area contributed by atoms with Gasteiger partial charge in [-0.3, -0.25) is 13.9 Å². The molecule has 0 radical (unpaired) electrons. The number of benzene rings is 2. The summed E-state index contributed by atoms with van der Waals surface area (Å²) in [6.45, 7) is 0. The van der Waals surface area contributed by atoms with Crippen LogP contribution in [0, 0.1) is 0 Å². The largest absolute Gasteiger partial charge is 0.294 e. The molecule has 7 nitrogen and oxygen atoms in total. The van der Waals surface area contributed by atoms with Gasteiger partial charge in [-0.25, -0.2) is 0 Å². The first-order chi connectivity index (χ1) is 11.6. The van der Waals surface area contributed by atoms with Crippen molar-refractivity contribution in [1.29, 1.82) is 0 Å². The lowest BCUT2D eigenvalue weighted by Gasteiger charge is -1.99. The molecule has 0 aromatic heterocycles. The fourth-order valence-electron chi connectivity index (χ4n) is 2.22. The molecule has 0 aliphatic carbocycles. The third-order valence-electron chi connectivity index (χ3n) is 3.41. The second-order valence-corrected chi connectivity index (χ2v) is 9.04. The van der Waals surface area contributed by atoms with Gasteiger partial charge >= 0.3 is 0 Å². The summed E-state index contributed by atoms with van der Waals surface area (Å²) < 4.78 is 62.4. The number of hydrogen-bond acceptors (Lipinski definition) is 6. The van der Waals surface area contributed by atoms with E-state index in [2.05, 4.69) is 0 Å². The zero-order valence-electron chi connectivity index (χ0n) is 12.3. The summed E-state index contributed by atoms with van der Waals surface area (Å²) in [7, 11) is -8.66. The highest BCUT2D eigenvalue weighted by molar-refractivity contribution is 8.05. The number of carbonyl (C=O) groups excluding carboxylic acids is 1. The number of allylic oxidation sites excluding steroid dienone is 1. The van der Waals surface area contributed by atoms with Gasteiger partial charge in [-0.2, -0.15) is 16.8 Å². The highest BCUT2D eigenvalue weighted by atomic mass is 32.2. The third-order valence-corrected chi connectivity index (χ3v) is 6.21. The smallest absolute Gasteiger partial charge is 0.288 e. The molecule has 0 spiro atoms. The SMILES string of the molecule is O=C1/C(=C\c2ccc(S(=O)(=O)O)cc2)Sc2cc(S(=O)(=O)O)ccc21. The summed E-state index contributed by atoms with van der Waals surface area (Å²) in [5, 5.41) is 0. The van der Waals surface area contributed by atoms with E-state index in [0.717, 1.165) is 17.8 Å². The molecule has 2 N–H and O–H groups in total. The van der Waals surface area contributed by atoms with Gasteiger partial charge < -0.3 is 0 Å². The molecule has 3 rings (SSSR count). The molecule has 0 atom stereocenters. The Morgan fingerprint density at radius 1 is 0.840 bits per heavy atom. The van der Waals surface area contributed by atoms with Crippen LogP contribution >= 0.6 is 11.8 Å². The van der Waals surface area contributed by atoms with Gasteiger partial charge in [0.2, 0.25) is 5.78 Å². The van der Waals surface area contributed by atoms with Crippen molar-refractivity contribution >= 4 is 43.9 Å². The monoisotopic (exact) mass is 398 g/mol. The van der Waals surface area contributed by atoms with Crippen molar-refractivity contribution in [3.63, 3.8) is 0 Å². The van der Waals surface area contributed by atoms with Gasteiger partial charge in [-0.15, -0.1) is 0 Å². The molecule has 1 heterocycles. The van der Waals surface area contributed by atoms with Crippen LogP contribution in [0.3, 0.4) is 0 Å². The maximum absolute atomic E-state index is 12.4. The second kappa shape index (κ2) is 6.07. The molecular weight excluding hydrogens is 388 g/mol. The first kappa shape index (κ1) is 17.8. The quantitative estimate of drug-likeness (QED) is 0.597. The summed E-state index contributed by atoms with van der Waals surface area (Å²) in [6.07, 6.45) is 1.52.